The molecule has 126 valence electrons. The molecule has 0 saturated heterocycles. The third kappa shape index (κ3) is 5.06. The summed E-state index contributed by atoms with van der Waals surface area (Å²) in [4.78, 5) is 15.5. The normalized spacial score (nSPS) is 11.1. The van der Waals surface area contributed by atoms with Crippen LogP contribution in [-0.2, 0) is 17.9 Å². The second kappa shape index (κ2) is 9.20. The Balaban J connectivity index is 2.54. The first kappa shape index (κ1) is 19.0. The second-order valence-corrected chi connectivity index (χ2v) is 13.2. The Morgan fingerprint density at radius 1 is 0.833 bits per heavy atom. The third-order valence-corrected chi connectivity index (χ3v) is 11.6. The van der Waals surface area contributed by atoms with Gasteiger partial charge in [0.2, 0.25) is 0 Å². The summed E-state index contributed by atoms with van der Waals surface area (Å²) < 4.78 is 6.88. The van der Waals surface area contributed by atoms with Gasteiger partial charge >= 0.3 is 153 Å². The quantitative estimate of drug-likeness (QED) is 0.314. The third-order valence-electron chi connectivity index (χ3n) is 3.55. The van der Waals surface area contributed by atoms with E-state index in [4.69, 9.17) is 0 Å². The van der Waals surface area contributed by atoms with Crippen LogP contribution in [0.5, 0.6) is 0 Å². The SMILES string of the molecule is CN(C)Cc1cccc[c]1[Bi]([N]=C=O)[c]1ccccc1CN(C)C. The maximum absolute atomic E-state index is 11.2. The molecule has 0 fully saturated rings. The monoisotopic (exact) mass is 519 g/mol. The number of rotatable bonds is 7. The molecule has 0 heterocycles. The fourth-order valence-corrected chi connectivity index (χ4v) is 9.84. The number of benzene rings is 2. The summed E-state index contributed by atoms with van der Waals surface area (Å²) in [6, 6.07) is 16.8. The first-order valence-corrected chi connectivity index (χ1v) is 12.9. The van der Waals surface area contributed by atoms with Gasteiger partial charge < -0.3 is 0 Å². The van der Waals surface area contributed by atoms with Gasteiger partial charge in [0, 0.05) is 0 Å². The van der Waals surface area contributed by atoms with Crippen LogP contribution < -0.4 is 6.54 Å². The molecule has 0 aliphatic heterocycles. The maximum atomic E-state index is 11.2. The molecule has 0 radical (unpaired) electrons. The summed E-state index contributed by atoms with van der Waals surface area (Å²) in [5, 5.41) is 0. The second-order valence-electron chi connectivity index (χ2n) is 6.24. The molecule has 0 spiro atoms. The van der Waals surface area contributed by atoms with Crippen molar-refractivity contribution in [2.75, 3.05) is 28.2 Å². The van der Waals surface area contributed by atoms with E-state index in [1.54, 1.807) is 0 Å². The van der Waals surface area contributed by atoms with Crippen molar-refractivity contribution in [1.29, 1.82) is 0 Å². The summed E-state index contributed by atoms with van der Waals surface area (Å²) in [7, 11) is 8.24. The van der Waals surface area contributed by atoms with E-state index < -0.39 is 22.0 Å². The molecule has 2 aromatic carbocycles. The molecule has 0 unspecified atom stereocenters. The van der Waals surface area contributed by atoms with Crippen LogP contribution in [0.3, 0.4) is 0 Å². The van der Waals surface area contributed by atoms with Gasteiger partial charge in [0.15, 0.2) is 0 Å². The molecule has 2 rings (SSSR count). The van der Waals surface area contributed by atoms with Crippen LogP contribution in [0.4, 0.5) is 0 Å². The molecule has 0 atom stereocenters. The van der Waals surface area contributed by atoms with Crippen LogP contribution in [0.15, 0.2) is 51.5 Å². The van der Waals surface area contributed by atoms with Crippen LogP contribution in [0, 0.1) is 0 Å². The average molecular weight is 519 g/mol. The first-order valence-electron chi connectivity index (χ1n) is 7.86. The molecular formula is C19H24BiN3O. The topological polar surface area (TPSA) is 35.9 Å². The fourth-order valence-electron chi connectivity index (χ4n) is 2.66. The Hall–Kier alpha value is -1.38. The van der Waals surface area contributed by atoms with E-state index in [1.807, 2.05) is 18.2 Å². The first-order chi connectivity index (χ1) is 11.5. The van der Waals surface area contributed by atoms with Gasteiger partial charge in [-0.05, 0) is 0 Å². The standard InChI is InChI=1S/2C9H12N.CNO.Bi/c2*1-10(2)8-9-6-4-3-5-7-9;2-1-3;/h2*3-6H,8H2,1-2H3;;/q;;-1;+1. The van der Waals surface area contributed by atoms with Gasteiger partial charge in [-0.25, -0.2) is 0 Å². The molecule has 0 N–H and O–H groups in total. The molecule has 0 aromatic heterocycles. The van der Waals surface area contributed by atoms with E-state index in [2.05, 4.69) is 77.3 Å². The number of carbonyl (C=O) groups excluding carboxylic acids is 1. The summed E-state index contributed by atoms with van der Waals surface area (Å²) in [6.07, 6.45) is 1.86. The number of hydrogen-bond acceptors (Lipinski definition) is 4. The van der Waals surface area contributed by atoms with E-state index in [1.165, 1.54) is 17.7 Å². The summed E-state index contributed by atoms with van der Waals surface area (Å²) in [6.45, 7) is 1.71. The van der Waals surface area contributed by atoms with E-state index in [-0.39, 0.29) is 0 Å². The molecule has 0 saturated carbocycles. The molecule has 0 aliphatic carbocycles. The minimum absolute atomic E-state index is 0.853. The molecule has 24 heavy (non-hydrogen) atoms. The van der Waals surface area contributed by atoms with Gasteiger partial charge in [0.05, 0.1) is 0 Å². The van der Waals surface area contributed by atoms with Crippen molar-refractivity contribution in [3.05, 3.63) is 59.7 Å². The van der Waals surface area contributed by atoms with Gasteiger partial charge in [-0.15, -0.1) is 0 Å². The summed E-state index contributed by atoms with van der Waals surface area (Å²) >= 11 is -2.78. The van der Waals surface area contributed by atoms with Crippen molar-refractivity contribution in [2.24, 2.45) is 2.94 Å². The predicted octanol–water partition coefficient (Wildman–Crippen LogP) is 1.25. The predicted molar refractivity (Wildman–Crippen MR) is 101 cm³/mol. The van der Waals surface area contributed by atoms with Crippen LogP contribution in [0.1, 0.15) is 11.1 Å². The van der Waals surface area contributed by atoms with Crippen molar-refractivity contribution in [3.63, 3.8) is 0 Å². The van der Waals surface area contributed by atoms with Crippen molar-refractivity contribution in [1.82, 2.24) is 9.80 Å². The molecule has 2 aromatic rings. The molecular weight excluding hydrogens is 495 g/mol. The van der Waals surface area contributed by atoms with Crippen molar-refractivity contribution in [3.8, 4) is 0 Å². The van der Waals surface area contributed by atoms with Gasteiger partial charge in [-0.3, -0.25) is 0 Å². The zero-order valence-electron chi connectivity index (χ0n) is 14.7. The molecule has 0 bridgehead atoms. The molecule has 0 aliphatic rings. The summed E-state index contributed by atoms with van der Waals surface area (Å²) in [5.41, 5.74) is 2.53. The van der Waals surface area contributed by atoms with E-state index >= 15 is 0 Å². The number of isocyanates is 1. The van der Waals surface area contributed by atoms with Gasteiger partial charge in [0.1, 0.15) is 0 Å². The zero-order chi connectivity index (χ0) is 17.5. The van der Waals surface area contributed by atoms with E-state index in [0.29, 0.717) is 0 Å². The van der Waals surface area contributed by atoms with Gasteiger partial charge in [-0.1, -0.05) is 0 Å². The van der Waals surface area contributed by atoms with Crippen LogP contribution in [-0.4, -0.2) is 66.1 Å². The summed E-state index contributed by atoms with van der Waals surface area (Å²) in [5.74, 6) is 0. The van der Waals surface area contributed by atoms with Crippen LogP contribution in [0.2, 0.25) is 0 Å². The number of hydrogen-bond donors (Lipinski definition) is 0. The average Bonchev–Trinajstić information content (AvgIpc) is 2.53. The van der Waals surface area contributed by atoms with Crippen molar-refractivity contribution < 1.29 is 4.79 Å². The van der Waals surface area contributed by atoms with Gasteiger partial charge in [0.25, 0.3) is 0 Å². The van der Waals surface area contributed by atoms with Crippen LogP contribution in [0.25, 0.3) is 0 Å². The molecule has 0 amide bonds. The Bertz CT molecular complexity index is 671. The van der Waals surface area contributed by atoms with Gasteiger partial charge in [-0.2, -0.15) is 0 Å². The fraction of sp³-hybridized carbons (Fsp3) is 0.316. The van der Waals surface area contributed by atoms with Crippen molar-refractivity contribution in [2.45, 2.75) is 13.1 Å². The Labute approximate surface area is 152 Å². The van der Waals surface area contributed by atoms with Crippen molar-refractivity contribution >= 4 is 34.7 Å². The van der Waals surface area contributed by atoms with E-state index in [0.717, 1.165) is 13.1 Å². The Morgan fingerprint density at radius 2 is 1.25 bits per heavy atom. The molecule has 4 nitrogen and oxygen atoms in total. The van der Waals surface area contributed by atoms with E-state index in [9.17, 15) is 4.79 Å². The Morgan fingerprint density at radius 3 is 1.62 bits per heavy atom. The van der Waals surface area contributed by atoms with Crippen LogP contribution >= 0.6 is 0 Å². The molecule has 5 heteroatoms. The Kier molecular flexibility index (Phi) is 7.26. The number of nitrogens with zero attached hydrogens (tertiary/aromatic N) is 3. The minimum atomic E-state index is -2.78. The zero-order valence-corrected chi connectivity index (χ0v) is 18.2.